The van der Waals surface area contributed by atoms with Crippen LogP contribution < -0.4 is 10.6 Å². The molecular formula is C16H21FIN7. The molecule has 0 saturated carbocycles. The van der Waals surface area contributed by atoms with E-state index >= 15 is 0 Å². The third kappa shape index (κ3) is 4.68. The van der Waals surface area contributed by atoms with Gasteiger partial charge in [-0.05, 0) is 30.2 Å². The first-order chi connectivity index (χ1) is 11.7. The number of halogens is 2. The number of H-pyrrole nitrogens is 1. The van der Waals surface area contributed by atoms with Crippen LogP contribution in [0.5, 0.6) is 0 Å². The maximum absolute atomic E-state index is 13.4. The van der Waals surface area contributed by atoms with E-state index in [4.69, 9.17) is 0 Å². The minimum Gasteiger partial charge on any atom is -0.361 e. The summed E-state index contributed by atoms with van der Waals surface area (Å²) in [5, 5.41) is 11.4. The molecule has 3 N–H and O–H groups in total. The van der Waals surface area contributed by atoms with Gasteiger partial charge < -0.3 is 15.6 Å². The maximum atomic E-state index is 13.4. The highest BCUT2D eigenvalue weighted by atomic mass is 127. The van der Waals surface area contributed by atoms with E-state index in [0.29, 0.717) is 19.0 Å². The fraction of sp³-hybridized carbons (Fsp3) is 0.312. The number of fused-ring (bicyclic) bond motifs is 1. The third-order valence-corrected chi connectivity index (χ3v) is 3.86. The Morgan fingerprint density at radius 1 is 1.36 bits per heavy atom. The van der Waals surface area contributed by atoms with Crippen molar-refractivity contribution in [2.45, 2.75) is 13.0 Å². The van der Waals surface area contributed by atoms with Crippen LogP contribution in [0, 0.1) is 5.82 Å². The fourth-order valence-electron chi connectivity index (χ4n) is 2.54. The van der Waals surface area contributed by atoms with Gasteiger partial charge in [-0.1, -0.05) is 0 Å². The van der Waals surface area contributed by atoms with Crippen LogP contribution >= 0.6 is 24.0 Å². The Kier molecular flexibility index (Phi) is 6.73. The molecule has 134 valence electrons. The first kappa shape index (κ1) is 19.2. The van der Waals surface area contributed by atoms with Crippen molar-refractivity contribution in [2.24, 2.45) is 12.0 Å². The molecule has 0 aliphatic carbocycles. The zero-order chi connectivity index (χ0) is 16.9. The smallest absolute Gasteiger partial charge is 0.191 e. The van der Waals surface area contributed by atoms with Crippen LogP contribution in [0.15, 0.2) is 35.7 Å². The Bertz CT molecular complexity index is 855. The molecule has 0 radical (unpaired) electrons. The summed E-state index contributed by atoms with van der Waals surface area (Å²) < 4.78 is 15.1. The van der Waals surface area contributed by atoms with E-state index in [2.05, 4.69) is 30.7 Å². The van der Waals surface area contributed by atoms with Crippen molar-refractivity contribution in [3.8, 4) is 0 Å². The second-order valence-electron chi connectivity index (χ2n) is 5.41. The number of guanidine groups is 1. The molecule has 0 saturated heterocycles. The molecule has 0 amide bonds. The molecule has 0 aliphatic heterocycles. The lowest BCUT2D eigenvalue weighted by Gasteiger charge is -2.11. The lowest BCUT2D eigenvalue weighted by Crippen LogP contribution is -2.38. The Morgan fingerprint density at radius 2 is 2.20 bits per heavy atom. The van der Waals surface area contributed by atoms with Crippen LogP contribution in [0.2, 0.25) is 0 Å². The molecule has 0 fully saturated rings. The maximum Gasteiger partial charge on any atom is 0.191 e. The molecule has 0 spiro atoms. The minimum atomic E-state index is -0.225. The summed E-state index contributed by atoms with van der Waals surface area (Å²) in [6, 6.07) is 4.77. The summed E-state index contributed by atoms with van der Waals surface area (Å²) in [6.45, 7) is 1.22. The Hall–Kier alpha value is -2.17. The molecule has 2 aromatic heterocycles. The molecular weight excluding hydrogens is 436 g/mol. The molecule has 2 heterocycles. The number of nitrogens with zero attached hydrogens (tertiary/aromatic N) is 4. The van der Waals surface area contributed by atoms with Gasteiger partial charge in [-0.15, -0.1) is 24.0 Å². The molecule has 25 heavy (non-hydrogen) atoms. The minimum absolute atomic E-state index is 0. The summed E-state index contributed by atoms with van der Waals surface area (Å²) in [5.41, 5.74) is 2.01. The third-order valence-electron chi connectivity index (χ3n) is 3.86. The number of rotatable bonds is 5. The Morgan fingerprint density at radius 3 is 2.92 bits per heavy atom. The monoisotopic (exact) mass is 457 g/mol. The van der Waals surface area contributed by atoms with Crippen molar-refractivity contribution in [1.29, 1.82) is 0 Å². The molecule has 3 rings (SSSR count). The van der Waals surface area contributed by atoms with E-state index in [-0.39, 0.29) is 29.8 Å². The van der Waals surface area contributed by atoms with E-state index in [0.717, 1.165) is 28.7 Å². The summed E-state index contributed by atoms with van der Waals surface area (Å²) in [6.07, 6.45) is 4.19. The van der Waals surface area contributed by atoms with Crippen LogP contribution in [0.1, 0.15) is 11.4 Å². The number of aromatic nitrogens is 4. The number of hydrogen-bond acceptors (Lipinski definition) is 3. The van der Waals surface area contributed by atoms with Crippen LogP contribution in [0.3, 0.4) is 0 Å². The lowest BCUT2D eigenvalue weighted by atomic mass is 10.1. The fourth-order valence-corrected chi connectivity index (χ4v) is 2.54. The molecule has 0 bridgehead atoms. The van der Waals surface area contributed by atoms with Crippen LogP contribution in [0.25, 0.3) is 10.9 Å². The molecule has 0 unspecified atom stereocenters. The number of nitrogens with one attached hydrogen (secondary N) is 3. The number of hydrogen-bond donors (Lipinski definition) is 3. The first-order valence-corrected chi connectivity index (χ1v) is 7.70. The SMILES string of the molecule is CN=C(NCCc1c[nH]c2ccc(F)cc12)NCc1ncnn1C.I. The van der Waals surface area contributed by atoms with Gasteiger partial charge in [0.05, 0.1) is 6.54 Å². The topological polar surface area (TPSA) is 82.9 Å². The van der Waals surface area contributed by atoms with Crippen molar-refractivity contribution in [2.75, 3.05) is 13.6 Å². The van der Waals surface area contributed by atoms with Gasteiger partial charge in [0.1, 0.15) is 18.0 Å². The zero-order valence-electron chi connectivity index (χ0n) is 14.1. The van der Waals surface area contributed by atoms with Gasteiger partial charge in [-0.2, -0.15) is 5.10 Å². The molecule has 7 nitrogen and oxygen atoms in total. The van der Waals surface area contributed by atoms with Gasteiger partial charge in [-0.3, -0.25) is 9.67 Å². The van der Waals surface area contributed by atoms with Gasteiger partial charge in [0.25, 0.3) is 0 Å². The largest absolute Gasteiger partial charge is 0.361 e. The second-order valence-corrected chi connectivity index (χ2v) is 5.41. The number of aromatic amines is 1. The molecule has 1 aromatic carbocycles. The quantitative estimate of drug-likeness (QED) is 0.311. The highest BCUT2D eigenvalue weighted by Crippen LogP contribution is 2.19. The highest BCUT2D eigenvalue weighted by Gasteiger charge is 2.06. The van der Waals surface area contributed by atoms with Gasteiger partial charge in [0.2, 0.25) is 0 Å². The summed E-state index contributed by atoms with van der Waals surface area (Å²) >= 11 is 0. The van der Waals surface area contributed by atoms with E-state index in [9.17, 15) is 4.39 Å². The number of aryl methyl sites for hydroxylation is 1. The number of benzene rings is 1. The van der Waals surface area contributed by atoms with Crippen LogP contribution in [-0.4, -0.2) is 39.3 Å². The van der Waals surface area contributed by atoms with Crippen molar-refractivity contribution in [3.05, 3.63) is 47.9 Å². The summed E-state index contributed by atoms with van der Waals surface area (Å²) in [5.74, 6) is 1.28. The standard InChI is InChI=1S/C16H20FN7.HI/c1-18-16(21-9-15-22-10-23-24(15)2)19-6-5-11-8-20-14-4-3-12(17)7-13(11)14;/h3-4,7-8,10,20H,5-6,9H2,1-2H3,(H2,18,19,21);1H. The highest BCUT2D eigenvalue weighted by molar-refractivity contribution is 14.0. The molecule has 9 heteroatoms. The predicted octanol–water partition coefficient (Wildman–Crippen LogP) is 1.96. The normalized spacial score (nSPS) is 11.4. The average Bonchev–Trinajstić information content (AvgIpc) is 3.17. The van der Waals surface area contributed by atoms with Gasteiger partial charge in [0.15, 0.2) is 5.96 Å². The lowest BCUT2D eigenvalue weighted by molar-refractivity contribution is 0.629. The van der Waals surface area contributed by atoms with E-state index in [1.54, 1.807) is 23.9 Å². The van der Waals surface area contributed by atoms with E-state index in [1.165, 1.54) is 12.4 Å². The molecule has 0 atom stereocenters. The van der Waals surface area contributed by atoms with Gasteiger partial charge >= 0.3 is 0 Å². The van der Waals surface area contributed by atoms with Crippen molar-refractivity contribution < 1.29 is 4.39 Å². The van der Waals surface area contributed by atoms with Gasteiger partial charge in [0, 0.05) is 37.7 Å². The number of aliphatic imine (C=N–C) groups is 1. The summed E-state index contributed by atoms with van der Waals surface area (Å²) in [4.78, 5) is 11.5. The van der Waals surface area contributed by atoms with Crippen molar-refractivity contribution in [1.82, 2.24) is 30.4 Å². The zero-order valence-corrected chi connectivity index (χ0v) is 16.4. The van der Waals surface area contributed by atoms with Crippen molar-refractivity contribution in [3.63, 3.8) is 0 Å². The van der Waals surface area contributed by atoms with Crippen molar-refractivity contribution >= 4 is 40.8 Å². The first-order valence-electron chi connectivity index (χ1n) is 7.70. The second kappa shape index (κ2) is 8.79. The Labute approximate surface area is 162 Å². The van der Waals surface area contributed by atoms with Crippen LogP contribution in [0.4, 0.5) is 4.39 Å². The van der Waals surface area contributed by atoms with E-state index < -0.39 is 0 Å². The predicted molar refractivity (Wildman–Crippen MR) is 107 cm³/mol. The summed E-state index contributed by atoms with van der Waals surface area (Å²) in [7, 11) is 3.56. The van der Waals surface area contributed by atoms with Gasteiger partial charge in [-0.25, -0.2) is 9.37 Å². The Balaban J connectivity index is 0.00000225. The van der Waals surface area contributed by atoms with Crippen LogP contribution in [-0.2, 0) is 20.0 Å². The molecule has 0 aliphatic rings. The van der Waals surface area contributed by atoms with E-state index in [1.807, 2.05) is 13.2 Å². The average molecular weight is 457 g/mol. The molecule has 3 aromatic rings.